The van der Waals surface area contributed by atoms with E-state index in [1.807, 2.05) is 12.1 Å². The van der Waals surface area contributed by atoms with Crippen molar-refractivity contribution in [1.29, 1.82) is 0 Å². The fraction of sp³-hybridized carbons (Fsp3) is 0.500. The predicted octanol–water partition coefficient (Wildman–Crippen LogP) is 2.08. The summed E-state index contributed by atoms with van der Waals surface area (Å²) in [5.41, 5.74) is 6.94. The maximum Gasteiger partial charge on any atom is 0.253 e. The van der Waals surface area contributed by atoms with Gasteiger partial charge in [0.2, 0.25) is 0 Å². The van der Waals surface area contributed by atoms with Crippen LogP contribution in [-0.4, -0.2) is 36.0 Å². The molecule has 3 N–H and O–H groups in total. The predicted molar refractivity (Wildman–Crippen MR) is 85.8 cm³/mol. The van der Waals surface area contributed by atoms with E-state index in [0.29, 0.717) is 11.3 Å². The standard InChI is InChI=1S/C14H19N3O.2ClH/c15-13-4-2-1-3-12(13)14(18)16-10-7-8-17(9-10)11-5-6-11;;/h1-4,10-11H,5-9,15H2,(H,16,18);2*1H. The van der Waals surface area contributed by atoms with E-state index in [9.17, 15) is 4.79 Å². The molecule has 1 aromatic rings. The number of amides is 1. The summed E-state index contributed by atoms with van der Waals surface area (Å²) in [5.74, 6) is -0.0456. The minimum absolute atomic E-state index is 0. The Hall–Kier alpha value is -0.970. The second kappa shape index (κ2) is 7.16. The molecule has 2 fully saturated rings. The quantitative estimate of drug-likeness (QED) is 0.839. The number of nitrogens with one attached hydrogen (secondary N) is 1. The number of nitrogens with zero attached hydrogens (tertiary/aromatic N) is 1. The molecule has 0 radical (unpaired) electrons. The van der Waals surface area contributed by atoms with Crippen molar-refractivity contribution >= 4 is 36.4 Å². The number of anilines is 1. The number of carbonyl (C=O) groups is 1. The maximum absolute atomic E-state index is 12.1. The zero-order chi connectivity index (χ0) is 12.5. The summed E-state index contributed by atoms with van der Waals surface area (Å²) in [6.45, 7) is 2.10. The van der Waals surface area contributed by atoms with Gasteiger partial charge in [-0.1, -0.05) is 12.1 Å². The van der Waals surface area contributed by atoms with Gasteiger partial charge in [-0.25, -0.2) is 0 Å². The fourth-order valence-electron chi connectivity index (χ4n) is 2.64. The SMILES string of the molecule is Cl.Cl.Nc1ccccc1C(=O)NC1CCN(C2CC2)C1. The number of carbonyl (C=O) groups excluding carboxylic acids is 1. The van der Waals surface area contributed by atoms with Crippen molar-refractivity contribution in [2.75, 3.05) is 18.8 Å². The van der Waals surface area contributed by atoms with Crippen LogP contribution < -0.4 is 11.1 Å². The van der Waals surface area contributed by atoms with Crippen LogP contribution in [0.25, 0.3) is 0 Å². The highest BCUT2D eigenvalue weighted by Crippen LogP contribution is 2.29. The van der Waals surface area contributed by atoms with E-state index >= 15 is 0 Å². The highest BCUT2D eigenvalue weighted by Gasteiger charge is 2.34. The molecule has 1 amide bonds. The molecule has 0 aromatic heterocycles. The fourth-order valence-corrected chi connectivity index (χ4v) is 2.64. The van der Waals surface area contributed by atoms with Gasteiger partial charge in [0, 0.05) is 30.9 Å². The lowest BCUT2D eigenvalue weighted by Gasteiger charge is -2.16. The van der Waals surface area contributed by atoms with Crippen molar-refractivity contribution < 1.29 is 4.79 Å². The van der Waals surface area contributed by atoms with Crippen LogP contribution in [0.1, 0.15) is 29.6 Å². The Kier molecular flexibility index (Phi) is 6.11. The van der Waals surface area contributed by atoms with Gasteiger partial charge in [-0.3, -0.25) is 9.69 Å². The first kappa shape index (κ1) is 17.1. The summed E-state index contributed by atoms with van der Waals surface area (Å²) in [7, 11) is 0. The summed E-state index contributed by atoms with van der Waals surface area (Å²) < 4.78 is 0. The van der Waals surface area contributed by atoms with Crippen LogP contribution in [0.4, 0.5) is 5.69 Å². The minimum Gasteiger partial charge on any atom is -0.398 e. The lowest BCUT2D eigenvalue weighted by atomic mass is 10.1. The number of hydrogen-bond donors (Lipinski definition) is 2. The van der Waals surface area contributed by atoms with Gasteiger partial charge >= 0.3 is 0 Å². The topological polar surface area (TPSA) is 58.4 Å². The monoisotopic (exact) mass is 317 g/mol. The number of benzene rings is 1. The second-order valence-electron chi connectivity index (χ2n) is 5.27. The third-order valence-corrected chi connectivity index (χ3v) is 3.82. The third-order valence-electron chi connectivity index (χ3n) is 3.82. The summed E-state index contributed by atoms with van der Waals surface area (Å²) >= 11 is 0. The molecule has 2 aliphatic rings. The molecule has 20 heavy (non-hydrogen) atoms. The van der Waals surface area contributed by atoms with Gasteiger partial charge < -0.3 is 11.1 Å². The van der Waals surface area contributed by atoms with Crippen LogP contribution in [0.3, 0.4) is 0 Å². The van der Waals surface area contributed by atoms with Gasteiger partial charge in [-0.2, -0.15) is 0 Å². The van der Waals surface area contributed by atoms with E-state index in [0.717, 1.165) is 25.6 Å². The molecular formula is C14H21Cl2N3O. The summed E-state index contributed by atoms with van der Waals surface area (Å²) in [6.07, 6.45) is 3.70. The molecule has 0 bridgehead atoms. The number of hydrogen-bond acceptors (Lipinski definition) is 3. The number of rotatable bonds is 3. The maximum atomic E-state index is 12.1. The molecule has 4 nitrogen and oxygen atoms in total. The number of halogens is 2. The van der Waals surface area contributed by atoms with Gasteiger partial charge in [0.1, 0.15) is 0 Å². The van der Waals surface area contributed by atoms with Crippen LogP contribution in [0, 0.1) is 0 Å². The molecule has 6 heteroatoms. The lowest BCUT2D eigenvalue weighted by molar-refractivity contribution is 0.0938. The van der Waals surface area contributed by atoms with E-state index < -0.39 is 0 Å². The average molecular weight is 318 g/mol. The Morgan fingerprint density at radius 1 is 1.20 bits per heavy atom. The number of para-hydroxylation sites is 1. The summed E-state index contributed by atoms with van der Waals surface area (Å²) in [6, 6.07) is 8.29. The van der Waals surface area contributed by atoms with Crippen LogP contribution in [0.5, 0.6) is 0 Å². The summed E-state index contributed by atoms with van der Waals surface area (Å²) in [5, 5.41) is 3.09. The Labute approximate surface area is 131 Å². The second-order valence-corrected chi connectivity index (χ2v) is 5.27. The van der Waals surface area contributed by atoms with Crippen molar-refractivity contribution in [2.45, 2.75) is 31.3 Å². The average Bonchev–Trinajstić information content (AvgIpc) is 3.11. The van der Waals surface area contributed by atoms with Crippen molar-refractivity contribution in [3.8, 4) is 0 Å². The van der Waals surface area contributed by atoms with Gasteiger partial charge in [0.25, 0.3) is 5.91 Å². The first-order chi connectivity index (χ1) is 8.74. The first-order valence-electron chi connectivity index (χ1n) is 6.63. The van der Waals surface area contributed by atoms with Gasteiger partial charge in [0.05, 0.1) is 5.56 Å². The lowest BCUT2D eigenvalue weighted by Crippen LogP contribution is -2.37. The van der Waals surface area contributed by atoms with Gasteiger partial charge in [-0.05, 0) is 31.4 Å². The molecule has 3 rings (SSSR count). The highest BCUT2D eigenvalue weighted by molar-refractivity contribution is 5.99. The molecule has 1 heterocycles. The Morgan fingerprint density at radius 2 is 1.90 bits per heavy atom. The van der Waals surface area contributed by atoms with Crippen LogP contribution in [0.2, 0.25) is 0 Å². The van der Waals surface area contributed by atoms with Gasteiger partial charge in [0.15, 0.2) is 0 Å². The third kappa shape index (κ3) is 3.78. The smallest absolute Gasteiger partial charge is 0.253 e. The number of nitrogen functional groups attached to an aromatic ring is 1. The van der Waals surface area contributed by atoms with E-state index in [-0.39, 0.29) is 36.8 Å². The van der Waals surface area contributed by atoms with Crippen molar-refractivity contribution in [2.24, 2.45) is 0 Å². The molecule has 1 saturated heterocycles. The largest absolute Gasteiger partial charge is 0.398 e. The normalized spacial score (nSPS) is 21.7. The van der Waals surface area contributed by atoms with E-state index in [1.54, 1.807) is 12.1 Å². The molecule has 1 aliphatic heterocycles. The van der Waals surface area contributed by atoms with Crippen molar-refractivity contribution in [3.05, 3.63) is 29.8 Å². The van der Waals surface area contributed by atoms with E-state index in [4.69, 9.17) is 5.73 Å². The Bertz CT molecular complexity index is 465. The Balaban J connectivity index is 0.000001000. The Morgan fingerprint density at radius 3 is 2.55 bits per heavy atom. The zero-order valence-corrected chi connectivity index (χ0v) is 12.9. The molecule has 1 atom stereocenters. The zero-order valence-electron chi connectivity index (χ0n) is 11.2. The van der Waals surface area contributed by atoms with Gasteiger partial charge in [-0.15, -0.1) is 24.8 Å². The van der Waals surface area contributed by atoms with E-state index in [1.165, 1.54) is 12.8 Å². The van der Waals surface area contributed by atoms with Crippen LogP contribution in [0.15, 0.2) is 24.3 Å². The molecule has 1 unspecified atom stereocenters. The van der Waals surface area contributed by atoms with Crippen molar-refractivity contribution in [3.63, 3.8) is 0 Å². The van der Waals surface area contributed by atoms with E-state index in [2.05, 4.69) is 10.2 Å². The number of nitrogens with two attached hydrogens (primary N) is 1. The molecule has 1 aliphatic carbocycles. The van der Waals surface area contributed by atoms with Crippen LogP contribution >= 0.6 is 24.8 Å². The summed E-state index contributed by atoms with van der Waals surface area (Å²) in [4.78, 5) is 14.6. The molecule has 0 spiro atoms. The van der Waals surface area contributed by atoms with Crippen LogP contribution in [-0.2, 0) is 0 Å². The molecule has 1 aromatic carbocycles. The number of likely N-dealkylation sites (tertiary alicyclic amines) is 1. The molecule has 1 saturated carbocycles. The molecule has 112 valence electrons. The van der Waals surface area contributed by atoms with Crippen molar-refractivity contribution in [1.82, 2.24) is 10.2 Å². The minimum atomic E-state index is -0.0456. The molecular weight excluding hydrogens is 297 g/mol. The highest BCUT2D eigenvalue weighted by atomic mass is 35.5. The first-order valence-corrected chi connectivity index (χ1v) is 6.63.